The Labute approximate surface area is 243 Å². The summed E-state index contributed by atoms with van der Waals surface area (Å²) >= 11 is 0. The van der Waals surface area contributed by atoms with Crippen LogP contribution in [0.3, 0.4) is 0 Å². The third-order valence-electron chi connectivity index (χ3n) is 8.96. The van der Waals surface area contributed by atoms with Gasteiger partial charge in [-0.3, -0.25) is 14.4 Å². The summed E-state index contributed by atoms with van der Waals surface area (Å²) in [5.74, 6) is -1.11. The number of Topliss-reactive ketones (excluding diaryl/α,β-unsaturated/α-hetero) is 2. The maximum atomic E-state index is 14.4. The van der Waals surface area contributed by atoms with Crippen LogP contribution in [0.15, 0.2) is 66.5 Å². The molecule has 7 heteroatoms. The van der Waals surface area contributed by atoms with E-state index in [1.54, 1.807) is 24.3 Å². The molecule has 3 unspecified atom stereocenters. The van der Waals surface area contributed by atoms with Gasteiger partial charge in [0.25, 0.3) is 0 Å². The Morgan fingerprint density at radius 3 is 2.10 bits per heavy atom. The molecule has 2 aliphatic rings. The number of rotatable bonds is 12. The van der Waals surface area contributed by atoms with E-state index in [-0.39, 0.29) is 30.1 Å². The van der Waals surface area contributed by atoms with Crippen molar-refractivity contribution < 1.29 is 33.7 Å². The number of methoxy groups -OCH3 is 3. The molecule has 0 spiro atoms. The summed E-state index contributed by atoms with van der Waals surface area (Å²) < 4.78 is 16.2. The Hall–Kier alpha value is -3.87. The molecule has 1 fully saturated rings. The highest BCUT2D eigenvalue weighted by atomic mass is 16.5. The highest BCUT2D eigenvalue weighted by Crippen LogP contribution is 2.66. The Morgan fingerprint density at radius 2 is 1.61 bits per heavy atom. The van der Waals surface area contributed by atoms with E-state index in [9.17, 15) is 19.5 Å². The molecule has 2 bridgehead atoms. The fourth-order valence-corrected chi connectivity index (χ4v) is 6.60. The normalized spacial score (nSPS) is 25.1. The number of allylic oxidation sites excluding steroid dienone is 7. The monoisotopic (exact) mass is 562 g/mol. The van der Waals surface area contributed by atoms with Crippen LogP contribution in [-0.4, -0.2) is 43.8 Å². The number of ketones is 3. The lowest BCUT2D eigenvalue weighted by Gasteiger charge is -2.60. The Bertz CT molecular complexity index is 1330. The van der Waals surface area contributed by atoms with Crippen molar-refractivity contribution in [1.29, 1.82) is 0 Å². The lowest BCUT2D eigenvalue weighted by molar-refractivity contribution is -0.171. The number of aliphatic hydroxyl groups excluding tert-OH is 1. The average Bonchev–Trinajstić information content (AvgIpc) is 2.93. The summed E-state index contributed by atoms with van der Waals surface area (Å²) in [6.45, 7) is 15.6. The molecule has 7 nitrogen and oxygen atoms in total. The van der Waals surface area contributed by atoms with Crippen LogP contribution in [-0.2, 0) is 14.4 Å². The average molecular weight is 563 g/mol. The molecule has 0 radical (unpaired) electrons. The van der Waals surface area contributed by atoms with Crippen molar-refractivity contribution in [3.8, 4) is 17.2 Å². The molecule has 0 heterocycles. The quantitative estimate of drug-likeness (QED) is 0.130. The second-order valence-electron chi connectivity index (χ2n) is 11.7. The Balaban J connectivity index is 2.23. The summed E-state index contributed by atoms with van der Waals surface area (Å²) in [5.41, 5.74) is -2.49. The minimum atomic E-state index is -1.56. The molecule has 0 aromatic heterocycles. The van der Waals surface area contributed by atoms with Crippen molar-refractivity contribution in [2.75, 3.05) is 21.3 Å². The van der Waals surface area contributed by atoms with Crippen LogP contribution in [0.4, 0.5) is 0 Å². The molecule has 0 aliphatic heterocycles. The number of aliphatic hydroxyl groups is 1. The molecule has 2 aliphatic carbocycles. The van der Waals surface area contributed by atoms with Gasteiger partial charge in [-0.25, -0.2) is 0 Å². The maximum absolute atomic E-state index is 14.4. The van der Waals surface area contributed by atoms with Gasteiger partial charge in [-0.05, 0) is 74.6 Å². The van der Waals surface area contributed by atoms with Gasteiger partial charge in [-0.2, -0.15) is 0 Å². The third kappa shape index (κ3) is 4.96. The molecule has 1 aromatic rings. The topological polar surface area (TPSA) is 99.1 Å². The van der Waals surface area contributed by atoms with E-state index in [1.807, 2.05) is 27.7 Å². The molecule has 1 aromatic carbocycles. The van der Waals surface area contributed by atoms with E-state index >= 15 is 0 Å². The van der Waals surface area contributed by atoms with E-state index in [4.69, 9.17) is 14.2 Å². The number of hydrogen-bond donors (Lipinski definition) is 1. The van der Waals surface area contributed by atoms with Crippen molar-refractivity contribution in [3.63, 3.8) is 0 Å². The minimum absolute atomic E-state index is 0.0581. The van der Waals surface area contributed by atoms with Crippen molar-refractivity contribution in [2.45, 2.75) is 53.4 Å². The van der Waals surface area contributed by atoms with Gasteiger partial charge in [-0.15, -0.1) is 13.2 Å². The van der Waals surface area contributed by atoms with Crippen LogP contribution < -0.4 is 14.2 Å². The predicted molar refractivity (Wildman–Crippen MR) is 160 cm³/mol. The highest BCUT2D eigenvalue weighted by Gasteiger charge is 2.71. The molecular weight excluding hydrogens is 520 g/mol. The highest BCUT2D eigenvalue weighted by molar-refractivity contribution is 6.34. The van der Waals surface area contributed by atoms with Gasteiger partial charge in [0.05, 0.1) is 26.7 Å². The van der Waals surface area contributed by atoms with E-state index in [2.05, 4.69) is 19.2 Å². The van der Waals surface area contributed by atoms with E-state index in [0.29, 0.717) is 35.7 Å². The van der Waals surface area contributed by atoms with Crippen LogP contribution in [0, 0.1) is 22.2 Å². The van der Waals surface area contributed by atoms with Crippen molar-refractivity contribution in [1.82, 2.24) is 0 Å². The van der Waals surface area contributed by atoms with Gasteiger partial charge < -0.3 is 19.3 Å². The number of benzene rings is 1. The SMILES string of the molecule is C=CCC12CC(CC=C(C)C)C(C)(C)C(CC=C)(C(=O)C(C(=O)/C=C/c3cc(OC)c(OC)c(OC)c3)=C1O)C2=O. The molecule has 41 heavy (non-hydrogen) atoms. The number of hydrogen-bond acceptors (Lipinski definition) is 7. The lowest BCUT2D eigenvalue weighted by atomic mass is 9.40. The predicted octanol–water partition coefficient (Wildman–Crippen LogP) is 6.79. The molecule has 3 rings (SSSR count). The van der Waals surface area contributed by atoms with Crippen LogP contribution in [0.1, 0.15) is 58.9 Å². The number of fused-ring (bicyclic) bond motifs is 2. The zero-order valence-electron chi connectivity index (χ0n) is 25.3. The summed E-state index contributed by atoms with van der Waals surface area (Å²) in [7, 11) is 4.46. The molecule has 0 amide bonds. The minimum Gasteiger partial charge on any atom is -0.510 e. The first-order chi connectivity index (χ1) is 19.3. The molecule has 220 valence electrons. The zero-order valence-corrected chi connectivity index (χ0v) is 25.3. The van der Waals surface area contributed by atoms with Crippen molar-refractivity contribution in [3.05, 3.63) is 72.1 Å². The first-order valence-electron chi connectivity index (χ1n) is 13.7. The van der Waals surface area contributed by atoms with Crippen LogP contribution in [0.5, 0.6) is 17.2 Å². The van der Waals surface area contributed by atoms with Crippen LogP contribution >= 0.6 is 0 Å². The smallest absolute Gasteiger partial charge is 0.203 e. The van der Waals surface area contributed by atoms with E-state index in [0.717, 1.165) is 5.57 Å². The Kier molecular flexibility index (Phi) is 9.21. The molecule has 3 atom stereocenters. The summed E-state index contributed by atoms with van der Waals surface area (Å²) in [4.78, 5) is 42.6. The molecule has 1 N–H and O–H groups in total. The van der Waals surface area contributed by atoms with Gasteiger partial charge in [-0.1, -0.05) is 43.7 Å². The second-order valence-corrected chi connectivity index (χ2v) is 11.7. The first-order valence-corrected chi connectivity index (χ1v) is 13.7. The standard InChI is InChI=1S/C34H42O7/c1-10-16-33-20-23(14-12-21(3)4)32(5,6)34(17-11-2,31(33)38)30(37)27(29(33)36)24(35)15-13-22-18-25(39-7)28(41-9)26(19-22)40-8/h10-13,15,18-19,23,36H,1-2,14,16-17,20H2,3-9H3/b15-13+. The molecule has 0 saturated heterocycles. The third-order valence-corrected chi connectivity index (χ3v) is 8.96. The maximum Gasteiger partial charge on any atom is 0.203 e. The van der Waals surface area contributed by atoms with Crippen molar-refractivity contribution in [2.24, 2.45) is 22.2 Å². The van der Waals surface area contributed by atoms with Gasteiger partial charge >= 0.3 is 0 Å². The van der Waals surface area contributed by atoms with Gasteiger partial charge in [0.2, 0.25) is 5.75 Å². The van der Waals surface area contributed by atoms with Crippen molar-refractivity contribution >= 4 is 23.4 Å². The van der Waals surface area contributed by atoms with Gasteiger partial charge in [0.1, 0.15) is 16.7 Å². The fraction of sp³-hybridized carbons (Fsp3) is 0.441. The summed E-state index contributed by atoms with van der Waals surface area (Å²) in [6, 6.07) is 3.32. The number of carbonyl (C=O) groups is 3. The lowest BCUT2D eigenvalue weighted by Crippen LogP contribution is -2.67. The Morgan fingerprint density at radius 1 is 1.02 bits per heavy atom. The second kappa shape index (κ2) is 11.9. The van der Waals surface area contributed by atoms with Gasteiger partial charge in [0.15, 0.2) is 28.8 Å². The molecular formula is C34H42O7. The van der Waals surface area contributed by atoms with Crippen LogP contribution in [0.2, 0.25) is 0 Å². The summed E-state index contributed by atoms with van der Waals surface area (Å²) in [6.07, 6.45) is 9.07. The molecule has 1 saturated carbocycles. The summed E-state index contributed by atoms with van der Waals surface area (Å²) in [5, 5.41) is 11.7. The fourth-order valence-electron chi connectivity index (χ4n) is 6.60. The zero-order chi connectivity index (χ0) is 30.8. The number of ether oxygens (including phenoxy) is 3. The number of carbonyl (C=O) groups excluding carboxylic acids is 3. The van der Waals surface area contributed by atoms with Crippen LogP contribution in [0.25, 0.3) is 6.08 Å². The largest absolute Gasteiger partial charge is 0.510 e. The van der Waals surface area contributed by atoms with Gasteiger partial charge in [0, 0.05) is 0 Å². The van der Waals surface area contributed by atoms with E-state index in [1.165, 1.54) is 33.5 Å². The van der Waals surface area contributed by atoms with E-state index < -0.39 is 33.6 Å². The first kappa shape index (κ1) is 31.7.